The van der Waals surface area contributed by atoms with Crippen molar-refractivity contribution in [1.29, 1.82) is 0 Å². The van der Waals surface area contributed by atoms with Gasteiger partial charge in [0.2, 0.25) is 10.0 Å². The van der Waals surface area contributed by atoms with Crippen molar-refractivity contribution in [3.8, 4) is 0 Å². The summed E-state index contributed by atoms with van der Waals surface area (Å²) >= 11 is 0. The van der Waals surface area contributed by atoms with Crippen LogP contribution in [0.1, 0.15) is 35.5 Å². The van der Waals surface area contributed by atoms with Crippen LogP contribution >= 0.6 is 0 Å². The van der Waals surface area contributed by atoms with Crippen molar-refractivity contribution in [2.45, 2.75) is 33.2 Å². The van der Waals surface area contributed by atoms with Crippen molar-refractivity contribution in [3.63, 3.8) is 0 Å². The Morgan fingerprint density at radius 2 is 1.87 bits per heavy atom. The summed E-state index contributed by atoms with van der Waals surface area (Å²) in [6, 6.07) is 7.54. The Labute approximate surface area is 137 Å². The number of rotatable bonds is 7. The van der Waals surface area contributed by atoms with E-state index in [1.807, 2.05) is 26.0 Å². The van der Waals surface area contributed by atoms with Gasteiger partial charge in [0, 0.05) is 17.3 Å². The molecule has 0 spiro atoms. The Bertz CT molecular complexity index is 732. The minimum Gasteiger partial charge on any atom is -0.361 e. The molecule has 2 N–H and O–H groups in total. The predicted octanol–water partition coefficient (Wildman–Crippen LogP) is 2.56. The van der Waals surface area contributed by atoms with E-state index in [0.29, 0.717) is 5.69 Å². The van der Waals surface area contributed by atoms with Crippen molar-refractivity contribution in [2.75, 3.05) is 17.5 Å². The van der Waals surface area contributed by atoms with Crippen LogP contribution in [-0.4, -0.2) is 26.4 Å². The lowest BCUT2D eigenvalue weighted by Gasteiger charge is -2.15. The van der Waals surface area contributed by atoms with Crippen LogP contribution < -0.4 is 10.0 Å². The number of sulfonamides is 1. The molecule has 0 aliphatic heterocycles. The molecular weight excluding hydrogens is 314 g/mol. The number of hydrogen-bond donors (Lipinski definition) is 2. The predicted molar refractivity (Wildman–Crippen MR) is 91.0 cm³/mol. The van der Waals surface area contributed by atoms with Gasteiger partial charge in [-0.3, -0.25) is 4.72 Å². The lowest BCUT2D eigenvalue weighted by Crippen LogP contribution is -2.21. The average Bonchev–Trinajstić information content (AvgIpc) is 2.78. The molecule has 1 heterocycles. The molecule has 0 fully saturated rings. The molecule has 0 radical (unpaired) electrons. The van der Waals surface area contributed by atoms with E-state index in [4.69, 9.17) is 4.52 Å². The highest BCUT2D eigenvalue weighted by Crippen LogP contribution is 2.17. The van der Waals surface area contributed by atoms with Gasteiger partial charge in [0.1, 0.15) is 5.76 Å². The molecular formula is C16H23N3O3S. The van der Waals surface area contributed by atoms with E-state index in [-0.39, 0.29) is 6.04 Å². The van der Waals surface area contributed by atoms with Crippen molar-refractivity contribution in [1.82, 2.24) is 10.5 Å². The van der Waals surface area contributed by atoms with E-state index < -0.39 is 10.0 Å². The number of nitrogens with one attached hydrogen (secondary N) is 2. The summed E-state index contributed by atoms with van der Waals surface area (Å²) in [6.45, 7) is 6.76. The summed E-state index contributed by atoms with van der Waals surface area (Å²) in [4.78, 5) is 0. The summed E-state index contributed by atoms with van der Waals surface area (Å²) in [5, 5.41) is 7.40. The maximum Gasteiger partial charge on any atom is 0.229 e. The highest BCUT2D eigenvalue weighted by Gasteiger charge is 2.10. The molecule has 7 heteroatoms. The van der Waals surface area contributed by atoms with Gasteiger partial charge in [-0.2, -0.15) is 0 Å². The maximum absolute atomic E-state index is 11.2. The Morgan fingerprint density at radius 3 is 2.39 bits per heavy atom. The Balaban J connectivity index is 1.89. The third-order valence-corrected chi connectivity index (χ3v) is 4.33. The summed E-state index contributed by atoms with van der Waals surface area (Å²) < 4.78 is 30.0. The smallest absolute Gasteiger partial charge is 0.229 e. The Kier molecular flexibility index (Phi) is 5.43. The lowest BCUT2D eigenvalue weighted by atomic mass is 10.1. The molecule has 2 rings (SSSR count). The zero-order chi connectivity index (χ0) is 17.0. The number of aromatic nitrogens is 1. The zero-order valence-corrected chi connectivity index (χ0v) is 14.7. The first-order valence-corrected chi connectivity index (χ1v) is 9.38. The second-order valence-corrected chi connectivity index (χ2v) is 7.47. The minimum atomic E-state index is -3.24. The third kappa shape index (κ3) is 5.07. The van der Waals surface area contributed by atoms with E-state index >= 15 is 0 Å². The number of aryl methyl sites for hydroxylation is 2. The van der Waals surface area contributed by atoms with Gasteiger partial charge in [0.25, 0.3) is 0 Å². The third-order valence-electron chi connectivity index (χ3n) is 3.72. The van der Waals surface area contributed by atoms with Crippen LogP contribution in [0.25, 0.3) is 0 Å². The van der Waals surface area contributed by atoms with E-state index in [1.165, 1.54) is 0 Å². The Morgan fingerprint density at radius 1 is 1.22 bits per heavy atom. The maximum atomic E-state index is 11.2. The van der Waals surface area contributed by atoms with Crippen LogP contribution in [-0.2, 0) is 16.4 Å². The monoisotopic (exact) mass is 337 g/mol. The fourth-order valence-electron chi connectivity index (χ4n) is 2.44. The molecule has 0 amide bonds. The van der Waals surface area contributed by atoms with Crippen LogP contribution in [0.3, 0.4) is 0 Å². The van der Waals surface area contributed by atoms with Gasteiger partial charge in [-0.15, -0.1) is 0 Å². The molecule has 0 saturated heterocycles. The van der Waals surface area contributed by atoms with Gasteiger partial charge in [-0.05, 0) is 51.4 Å². The van der Waals surface area contributed by atoms with Crippen molar-refractivity contribution >= 4 is 15.7 Å². The van der Waals surface area contributed by atoms with E-state index in [1.54, 1.807) is 12.1 Å². The minimum absolute atomic E-state index is 0.169. The highest BCUT2D eigenvalue weighted by atomic mass is 32.2. The van der Waals surface area contributed by atoms with Crippen molar-refractivity contribution in [3.05, 3.63) is 46.8 Å². The fourth-order valence-corrected chi connectivity index (χ4v) is 3.01. The van der Waals surface area contributed by atoms with Gasteiger partial charge < -0.3 is 9.84 Å². The summed E-state index contributed by atoms with van der Waals surface area (Å²) in [5.74, 6) is 0.869. The van der Waals surface area contributed by atoms with Crippen LogP contribution in [0.5, 0.6) is 0 Å². The quantitative estimate of drug-likeness (QED) is 0.811. The molecule has 1 atom stereocenters. The summed E-state index contributed by atoms with van der Waals surface area (Å²) in [5.41, 5.74) is 3.76. The van der Waals surface area contributed by atoms with Crippen molar-refractivity contribution < 1.29 is 12.9 Å². The van der Waals surface area contributed by atoms with Gasteiger partial charge in [0.15, 0.2) is 0 Å². The van der Waals surface area contributed by atoms with Crippen LogP contribution in [0.4, 0.5) is 5.69 Å². The van der Waals surface area contributed by atoms with E-state index in [0.717, 1.165) is 41.8 Å². The molecule has 2 aromatic rings. The standard InChI is InChI=1S/C16H23N3O3S/c1-11(17-10-9-16-12(2)18-22-13(16)3)14-5-7-15(8-6-14)19-23(4,20)21/h5-8,11,17,19H,9-10H2,1-4H3/t11-/m1/s1. The largest absolute Gasteiger partial charge is 0.361 e. The summed E-state index contributed by atoms with van der Waals surface area (Å²) in [6.07, 6.45) is 2.00. The molecule has 126 valence electrons. The van der Waals surface area contributed by atoms with Gasteiger partial charge in [-0.25, -0.2) is 8.42 Å². The second kappa shape index (κ2) is 7.14. The van der Waals surface area contributed by atoms with Crippen molar-refractivity contribution in [2.24, 2.45) is 0 Å². The topological polar surface area (TPSA) is 84.2 Å². The molecule has 0 aliphatic carbocycles. The number of hydrogen-bond acceptors (Lipinski definition) is 5. The van der Waals surface area contributed by atoms with Crippen LogP contribution in [0, 0.1) is 13.8 Å². The molecule has 23 heavy (non-hydrogen) atoms. The fraction of sp³-hybridized carbons (Fsp3) is 0.438. The zero-order valence-electron chi connectivity index (χ0n) is 13.9. The molecule has 6 nitrogen and oxygen atoms in total. The van der Waals surface area contributed by atoms with E-state index in [2.05, 4.69) is 22.1 Å². The molecule has 0 saturated carbocycles. The lowest BCUT2D eigenvalue weighted by molar-refractivity contribution is 0.392. The first-order valence-electron chi connectivity index (χ1n) is 7.49. The molecule has 1 aromatic carbocycles. The molecule has 0 bridgehead atoms. The highest BCUT2D eigenvalue weighted by molar-refractivity contribution is 7.92. The second-order valence-electron chi connectivity index (χ2n) is 5.72. The first kappa shape index (κ1) is 17.5. The normalized spacial score (nSPS) is 13.0. The Hall–Kier alpha value is -1.86. The van der Waals surface area contributed by atoms with Crippen LogP contribution in [0.2, 0.25) is 0 Å². The molecule has 0 unspecified atom stereocenters. The number of nitrogens with zero attached hydrogens (tertiary/aromatic N) is 1. The van der Waals surface area contributed by atoms with E-state index in [9.17, 15) is 8.42 Å². The average molecular weight is 337 g/mol. The first-order chi connectivity index (χ1) is 10.8. The molecule has 1 aromatic heterocycles. The van der Waals surface area contributed by atoms with Gasteiger partial charge in [0.05, 0.1) is 11.9 Å². The summed E-state index contributed by atoms with van der Waals surface area (Å²) in [7, 11) is -3.24. The van der Waals surface area contributed by atoms with Gasteiger partial charge in [-0.1, -0.05) is 17.3 Å². The molecule has 0 aliphatic rings. The van der Waals surface area contributed by atoms with Crippen LogP contribution in [0.15, 0.2) is 28.8 Å². The SMILES string of the molecule is Cc1noc(C)c1CCN[C@H](C)c1ccc(NS(C)(=O)=O)cc1. The number of benzene rings is 1. The van der Waals surface area contributed by atoms with Gasteiger partial charge >= 0.3 is 0 Å². The number of anilines is 1.